The number of unbranched alkanes of at least 4 members (excludes halogenated alkanes) is 2. The first-order valence-corrected chi connectivity index (χ1v) is 23.4. The molecule has 4 aliphatic heterocycles. The van der Waals surface area contributed by atoms with E-state index >= 15 is 0 Å². The number of amides is 4. The zero-order valence-corrected chi connectivity index (χ0v) is 41.5. The van der Waals surface area contributed by atoms with Crippen LogP contribution in [0.5, 0.6) is 23.0 Å². The molecular formula is C51H61N5O15. The Balaban J connectivity index is 0.961. The number of allylic oxidation sites excluding steroid dienone is 2. The summed E-state index contributed by atoms with van der Waals surface area (Å²) in [7, 11) is 5.72. The predicted molar refractivity (Wildman–Crippen MR) is 255 cm³/mol. The number of rotatable bonds is 13. The minimum atomic E-state index is -1.57. The molecule has 0 radical (unpaired) electrons. The molecule has 2 N–H and O–H groups in total. The van der Waals surface area contributed by atoms with Crippen LogP contribution in [0.25, 0.3) is 0 Å². The molecule has 1 aromatic heterocycles. The topological polar surface area (TPSA) is 225 Å². The summed E-state index contributed by atoms with van der Waals surface area (Å²) in [4.78, 5) is 87.2. The first-order valence-electron chi connectivity index (χ1n) is 23.4. The van der Waals surface area contributed by atoms with Crippen LogP contribution in [-0.4, -0.2) is 138 Å². The smallest absolute Gasteiger partial charge is 0.417 e. The lowest BCUT2D eigenvalue weighted by atomic mass is 9.90. The molecule has 380 valence electrons. The molecule has 4 amide bonds. The number of fused-ring (bicyclic) bond motifs is 5. The van der Waals surface area contributed by atoms with E-state index < -0.39 is 66.4 Å². The molecule has 4 atom stereocenters. The second-order valence-corrected chi connectivity index (χ2v) is 20.1. The van der Waals surface area contributed by atoms with Crippen LogP contribution < -0.4 is 28.7 Å². The fourth-order valence-electron chi connectivity index (χ4n) is 9.93. The zero-order chi connectivity index (χ0) is 51.4. The van der Waals surface area contributed by atoms with Crippen molar-refractivity contribution in [2.24, 2.45) is 12.5 Å². The summed E-state index contributed by atoms with van der Waals surface area (Å²) in [5.41, 5.74) is 0.388. The SMILES string of the molecule is C=C1C[C@H]2C(O)N(C(=O)OCc3cc4c(n3C)C(=O)C=C(OC)C4=O)c3cc(OCCCCCOc4cc5c(cc4OC)C(=O)N4CC(C)(C)C[C@H]4C(O)N5C(=O)OC(C)(C)C)c(OC)cc3C(=O)N2C1. The van der Waals surface area contributed by atoms with Gasteiger partial charge in [-0.1, -0.05) is 26.0 Å². The molecule has 2 aromatic carbocycles. The van der Waals surface area contributed by atoms with Gasteiger partial charge < -0.3 is 57.7 Å². The standard InChI is InChI=1S/C51H61N5O15/c1-27-16-34-46(61)55(48(63)70-25-28-17-31-42(52(28)7)36(57)22-41(67-10)43(31)58)32-20-39(37(65-8)18-29(32)44(59)53(34)24-27)68-14-12-11-13-15-69-40-21-33-30(19-38(40)66-9)45(60)54-26-51(5,6)23-35(54)47(62)56(33)49(64)71-50(2,3)4/h17-22,34-35,46-47,61-62H,1,11-16,23-26H2,2-10H3/t34-,35-,46?,47?/m0/s1. The van der Waals surface area contributed by atoms with E-state index in [9.17, 15) is 39.0 Å². The summed E-state index contributed by atoms with van der Waals surface area (Å²) in [6, 6.07) is 5.88. The van der Waals surface area contributed by atoms with Crippen molar-refractivity contribution >= 4 is 46.9 Å². The molecular weight excluding hydrogens is 923 g/mol. The molecule has 20 nitrogen and oxygen atoms in total. The summed E-state index contributed by atoms with van der Waals surface area (Å²) in [6.07, 6.45) is -1.33. The normalized spacial score (nSPS) is 21.3. The maximum Gasteiger partial charge on any atom is 0.417 e. The first kappa shape index (κ1) is 50.3. The maximum absolute atomic E-state index is 14.2. The van der Waals surface area contributed by atoms with E-state index in [0.29, 0.717) is 43.5 Å². The van der Waals surface area contributed by atoms with Gasteiger partial charge in [-0.2, -0.15) is 0 Å². The molecule has 1 aliphatic carbocycles. The fraction of sp³-hybridized carbons (Fsp3) is 0.490. The molecule has 0 bridgehead atoms. The van der Waals surface area contributed by atoms with Crippen LogP contribution in [0.15, 0.2) is 54.3 Å². The molecule has 5 aliphatic rings. The molecule has 0 saturated carbocycles. The number of aromatic nitrogens is 1. The Hall–Kier alpha value is -7.06. The van der Waals surface area contributed by atoms with Gasteiger partial charge >= 0.3 is 12.2 Å². The number of methoxy groups -OCH3 is 3. The highest BCUT2D eigenvalue weighted by Crippen LogP contribution is 2.46. The zero-order valence-electron chi connectivity index (χ0n) is 41.5. The van der Waals surface area contributed by atoms with E-state index in [1.165, 1.54) is 61.1 Å². The lowest BCUT2D eigenvalue weighted by Gasteiger charge is -2.33. The number of carbonyl (C=O) groups excluding carboxylic acids is 6. The average Bonchev–Trinajstić information content (AvgIpc) is 3.96. The van der Waals surface area contributed by atoms with Crippen LogP contribution in [0.3, 0.4) is 0 Å². The van der Waals surface area contributed by atoms with Crippen LogP contribution in [-0.2, 0) is 27.9 Å². The van der Waals surface area contributed by atoms with E-state index in [0.717, 1.165) is 15.9 Å². The number of nitrogens with zero attached hydrogens (tertiary/aromatic N) is 5. The number of Topliss-reactive ketones (excluding diaryl/α,β-unsaturated/α-hetero) is 1. The number of ether oxygens (including phenoxy) is 7. The largest absolute Gasteiger partial charge is 0.493 e. The summed E-state index contributed by atoms with van der Waals surface area (Å²) in [6.45, 7) is 13.7. The van der Waals surface area contributed by atoms with E-state index in [1.54, 1.807) is 32.7 Å². The maximum atomic E-state index is 14.2. The minimum absolute atomic E-state index is 0.0144. The number of benzene rings is 2. The Morgan fingerprint density at radius 3 is 1.87 bits per heavy atom. The predicted octanol–water partition coefficient (Wildman–Crippen LogP) is 6.14. The number of aliphatic hydroxyl groups excluding tert-OH is 2. The molecule has 2 unspecified atom stereocenters. The van der Waals surface area contributed by atoms with Crippen molar-refractivity contribution in [2.75, 3.05) is 57.4 Å². The second-order valence-electron chi connectivity index (χ2n) is 20.1. The van der Waals surface area contributed by atoms with Crippen molar-refractivity contribution in [3.8, 4) is 23.0 Å². The van der Waals surface area contributed by atoms with Crippen molar-refractivity contribution in [3.63, 3.8) is 0 Å². The summed E-state index contributed by atoms with van der Waals surface area (Å²) in [5.74, 6) is -0.967. The van der Waals surface area contributed by atoms with Crippen LogP contribution in [0.4, 0.5) is 21.0 Å². The highest BCUT2D eigenvalue weighted by atomic mass is 16.6. The van der Waals surface area contributed by atoms with Gasteiger partial charge in [0.2, 0.25) is 11.6 Å². The number of hydrogen-bond donors (Lipinski definition) is 2. The average molecular weight is 984 g/mol. The molecule has 0 spiro atoms. The lowest BCUT2D eigenvalue weighted by Crippen LogP contribution is -2.51. The number of hydrogen-bond acceptors (Lipinski definition) is 15. The Kier molecular flexibility index (Phi) is 13.7. The second kappa shape index (κ2) is 19.3. The van der Waals surface area contributed by atoms with Crippen molar-refractivity contribution in [2.45, 2.75) is 103 Å². The third-order valence-electron chi connectivity index (χ3n) is 13.3. The summed E-state index contributed by atoms with van der Waals surface area (Å²) < 4.78 is 41.8. The molecule has 2 saturated heterocycles. The fourth-order valence-corrected chi connectivity index (χ4v) is 9.93. The molecule has 8 rings (SSSR count). The van der Waals surface area contributed by atoms with E-state index in [4.69, 9.17) is 33.2 Å². The van der Waals surface area contributed by atoms with Gasteiger partial charge in [-0.05, 0) is 76.5 Å². The van der Waals surface area contributed by atoms with Crippen molar-refractivity contribution in [1.29, 1.82) is 0 Å². The van der Waals surface area contributed by atoms with Gasteiger partial charge in [0.05, 0.1) is 80.4 Å². The lowest BCUT2D eigenvalue weighted by molar-refractivity contribution is 0.0310. The van der Waals surface area contributed by atoms with Gasteiger partial charge in [-0.25, -0.2) is 19.4 Å². The Labute approximate surface area is 411 Å². The van der Waals surface area contributed by atoms with E-state index in [1.807, 2.05) is 13.8 Å². The highest BCUT2D eigenvalue weighted by molar-refractivity contribution is 6.23. The third kappa shape index (κ3) is 9.49. The minimum Gasteiger partial charge on any atom is -0.493 e. The van der Waals surface area contributed by atoms with Gasteiger partial charge in [-0.15, -0.1) is 0 Å². The van der Waals surface area contributed by atoms with E-state index in [-0.39, 0.29) is 100 Å². The number of carbonyl (C=O) groups is 6. The van der Waals surface area contributed by atoms with Crippen molar-refractivity contribution < 1.29 is 72.1 Å². The summed E-state index contributed by atoms with van der Waals surface area (Å²) in [5, 5.41) is 23.6. The van der Waals surface area contributed by atoms with E-state index in [2.05, 4.69) is 6.58 Å². The van der Waals surface area contributed by atoms with Crippen molar-refractivity contribution in [3.05, 3.63) is 82.4 Å². The van der Waals surface area contributed by atoms with Gasteiger partial charge in [0.15, 0.2) is 41.2 Å². The Bertz CT molecular complexity index is 2730. The van der Waals surface area contributed by atoms with Gasteiger partial charge in [0, 0.05) is 38.3 Å². The molecule has 71 heavy (non-hydrogen) atoms. The molecule has 3 aromatic rings. The molecule has 2 fully saturated rings. The number of ketones is 2. The quantitative estimate of drug-likeness (QED) is 0.145. The van der Waals surface area contributed by atoms with Crippen LogP contribution in [0.2, 0.25) is 0 Å². The van der Waals surface area contributed by atoms with Crippen LogP contribution in [0.1, 0.15) is 114 Å². The number of anilines is 2. The monoisotopic (exact) mass is 983 g/mol. The molecule has 20 heteroatoms. The number of aliphatic hydroxyl groups is 2. The Morgan fingerprint density at radius 1 is 0.746 bits per heavy atom. The van der Waals surface area contributed by atoms with Gasteiger partial charge in [-0.3, -0.25) is 19.2 Å². The Morgan fingerprint density at radius 2 is 1.31 bits per heavy atom. The van der Waals surface area contributed by atoms with Crippen LogP contribution >= 0.6 is 0 Å². The molecule has 5 heterocycles. The summed E-state index contributed by atoms with van der Waals surface area (Å²) >= 11 is 0. The third-order valence-corrected chi connectivity index (χ3v) is 13.3. The first-order chi connectivity index (χ1) is 33.6. The van der Waals surface area contributed by atoms with Crippen molar-refractivity contribution in [1.82, 2.24) is 14.4 Å². The highest BCUT2D eigenvalue weighted by Gasteiger charge is 2.51. The van der Waals surface area contributed by atoms with Gasteiger partial charge in [0.25, 0.3) is 11.8 Å². The van der Waals surface area contributed by atoms with Crippen LogP contribution in [0, 0.1) is 5.41 Å². The van der Waals surface area contributed by atoms with Gasteiger partial charge in [0.1, 0.15) is 17.9 Å².